The molecule has 0 bridgehead atoms. The van der Waals surface area contributed by atoms with Crippen LogP contribution in [0.5, 0.6) is 0 Å². The Morgan fingerprint density at radius 2 is 1.50 bits per heavy atom. The van der Waals surface area contributed by atoms with Crippen LogP contribution in [0.15, 0.2) is 12.2 Å². The molecule has 0 aromatic rings. The van der Waals surface area contributed by atoms with Crippen molar-refractivity contribution in [1.82, 2.24) is 4.90 Å². The summed E-state index contributed by atoms with van der Waals surface area (Å²) in [7, 11) is 0. The largest absolute Gasteiger partial charge is 0.419 e. The highest BCUT2D eigenvalue weighted by atomic mass is 19.4. The molecule has 1 saturated heterocycles. The van der Waals surface area contributed by atoms with E-state index in [-0.39, 0.29) is 31.0 Å². The maximum atomic E-state index is 13.2. The van der Waals surface area contributed by atoms with Gasteiger partial charge in [-0.3, -0.25) is 4.70 Å². The number of alkyl halides is 5. The summed E-state index contributed by atoms with van der Waals surface area (Å²) in [6.45, 7) is 1.95. The van der Waals surface area contributed by atoms with Crippen LogP contribution in [0.25, 0.3) is 0 Å². The minimum atomic E-state index is -5.08. The summed E-state index contributed by atoms with van der Waals surface area (Å²) in [5, 5.41) is 0. The van der Waals surface area contributed by atoms with Crippen molar-refractivity contribution in [3.8, 4) is 0 Å². The molecule has 0 aliphatic carbocycles. The van der Waals surface area contributed by atoms with E-state index in [0.717, 1.165) is 0 Å². The van der Waals surface area contributed by atoms with Gasteiger partial charge in [-0.05, 0) is 0 Å². The third-order valence-corrected chi connectivity index (χ3v) is 2.11. The predicted octanol–water partition coefficient (Wildman–Crippen LogP) is 2.18. The fraction of sp³-hybridized carbons (Fsp3) is 0.750. The Hall–Kier alpha value is -0.760. The monoisotopic (exact) mass is 251 g/mol. The fourth-order valence-corrected chi connectivity index (χ4v) is 1.21. The Bertz CT molecular complexity index is 245. The van der Waals surface area contributed by atoms with E-state index >= 15 is 0 Å². The Balaban J connectivity index is 0.00000225. The quantitative estimate of drug-likeness (QED) is 0.423. The molecule has 1 fully saturated rings. The molecular formula is C8H11F6NO. The second-order valence-electron chi connectivity index (χ2n) is 3.12. The summed E-state index contributed by atoms with van der Waals surface area (Å²) < 4.78 is 67.5. The number of rotatable bonds is 2. The van der Waals surface area contributed by atoms with Crippen molar-refractivity contribution < 1.29 is 31.4 Å². The molecule has 0 saturated carbocycles. The molecule has 0 atom stereocenters. The lowest BCUT2D eigenvalue weighted by atomic mass is 10.2. The van der Waals surface area contributed by atoms with Gasteiger partial charge in [-0.1, -0.05) is 6.58 Å². The molecule has 0 unspecified atom stereocenters. The first-order chi connectivity index (χ1) is 6.76. The maximum Gasteiger partial charge on any atom is 0.419 e. The van der Waals surface area contributed by atoms with Gasteiger partial charge in [0, 0.05) is 13.1 Å². The second kappa shape index (κ2) is 5.05. The van der Waals surface area contributed by atoms with Gasteiger partial charge < -0.3 is 4.74 Å². The van der Waals surface area contributed by atoms with E-state index in [0.29, 0.717) is 4.90 Å². The van der Waals surface area contributed by atoms with Gasteiger partial charge in [0.25, 0.3) is 0 Å². The van der Waals surface area contributed by atoms with Crippen molar-refractivity contribution in [3.63, 3.8) is 0 Å². The maximum absolute atomic E-state index is 13.2. The number of hydrogen-bond donors (Lipinski definition) is 0. The van der Waals surface area contributed by atoms with Gasteiger partial charge in [0.1, 0.15) is 5.57 Å². The molecule has 1 aliphatic rings. The van der Waals surface area contributed by atoms with Crippen LogP contribution < -0.4 is 0 Å². The SMILES string of the molecule is C=C(C(F)(F)F)C(F)(F)N1CCOCC1.F. The van der Waals surface area contributed by atoms with Crippen LogP contribution in [-0.2, 0) is 4.74 Å². The lowest BCUT2D eigenvalue weighted by Crippen LogP contribution is -2.51. The van der Waals surface area contributed by atoms with E-state index in [1.165, 1.54) is 0 Å². The molecule has 1 rings (SSSR count). The van der Waals surface area contributed by atoms with E-state index in [4.69, 9.17) is 4.74 Å². The van der Waals surface area contributed by atoms with Crippen LogP contribution in [0, 0.1) is 0 Å². The summed E-state index contributed by atoms with van der Waals surface area (Å²) >= 11 is 0. The Kier molecular flexibility index (Phi) is 4.81. The topological polar surface area (TPSA) is 12.5 Å². The van der Waals surface area contributed by atoms with Crippen LogP contribution in [0.2, 0.25) is 0 Å². The molecule has 0 aromatic heterocycles. The third-order valence-electron chi connectivity index (χ3n) is 2.11. The first kappa shape index (κ1) is 15.2. The van der Waals surface area contributed by atoms with E-state index in [2.05, 4.69) is 6.58 Å². The molecule has 0 spiro atoms. The minimum Gasteiger partial charge on any atom is -0.379 e. The van der Waals surface area contributed by atoms with Crippen LogP contribution in [0.3, 0.4) is 0 Å². The van der Waals surface area contributed by atoms with E-state index in [9.17, 15) is 22.0 Å². The van der Waals surface area contributed by atoms with Crippen molar-refractivity contribution in [1.29, 1.82) is 0 Å². The smallest absolute Gasteiger partial charge is 0.379 e. The van der Waals surface area contributed by atoms with Gasteiger partial charge in [-0.2, -0.15) is 22.0 Å². The molecule has 0 amide bonds. The summed E-state index contributed by atoms with van der Waals surface area (Å²) in [5.74, 6) is 0. The van der Waals surface area contributed by atoms with Gasteiger partial charge in [-0.15, -0.1) is 0 Å². The predicted molar refractivity (Wildman–Crippen MR) is 45.0 cm³/mol. The van der Waals surface area contributed by atoms with Crippen LogP contribution in [0.1, 0.15) is 0 Å². The second-order valence-corrected chi connectivity index (χ2v) is 3.12. The molecule has 0 aromatic carbocycles. The molecule has 1 heterocycles. The normalized spacial score (nSPS) is 19.1. The van der Waals surface area contributed by atoms with Gasteiger partial charge in [-0.25, -0.2) is 4.90 Å². The first-order valence-electron chi connectivity index (χ1n) is 4.23. The zero-order valence-electron chi connectivity index (χ0n) is 8.19. The van der Waals surface area contributed by atoms with Gasteiger partial charge >= 0.3 is 12.2 Å². The van der Waals surface area contributed by atoms with Crippen molar-refractivity contribution >= 4 is 0 Å². The van der Waals surface area contributed by atoms with Crippen LogP contribution >= 0.6 is 0 Å². The average Bonchev–Trinajstić information content (AvgIpc) is 2.16. The fourth-order valence-electron chi connectivity index (χ4n) is 1.21. The van der Waals surface area contributed by atoms with Crippen LogP contribution in [0.4, 0.5) is 26.7 Å². The molecule has 0 N–H and O–H groups in total. The molecule has 0 radical (unpaired) electrons. The highest BCUT2D eigenvalue weighted by Crippen LogP contribution is 2.38. The van der Waals surface area contributed by atoms with Crippen molar-refractivity contribution in [2.24, 2.45) is 0 Å². The molecule has 96 valence electrons. The summed E-state index contributed by atoms with van der Waals surface area (Å²) in [6.07, 6.45) is -5.08. The minimum absolute atomic E-state index is 0. The molecular weight excluding hydrogens is 240 g/mol. The molecule has 8 heteroatoms. The number of morpholine rings is 1. The van der Waals surface area contributed by atoms with Gasteiger partial charge in [0.05, 0.1) is 13.2 Å². The van der Waals surface area contributed by atoms with Crippen LogP contribution in [-0.4, -0.2) is 43.4 Å². The summed E-state index contributed by atoms with van der Waals surface area (Å²) in [4.78, 5) is 0.423. The summed E-state index contributed by atoms with van der Waals surface area (Å²) in [6, 6.07) is -4.05. The molecule has 2 nitrogen and oxygen atoms in total. The number of halogens is 6. The highest BCUT2D eigenvalue weighted by molar-refractivity contribution is 5.13. The standard InChI is InChI=1S/C8H10F5NO.FH/c1-6(7(9,10)11)8(12,13)14-2-4-15-5-3-14;/h1-5H2;1H. The van der Waals surface area contributed by atoms with Crippen molar-refractivity contribution in [3.05, 3.63) is 12.2 Å². The van der Waals surface area contributed by atoms with Crippen molar-refractivity contribution in [2.45, 2.75) is 12.2 Å². The lowest BCUT2D eigenvalue weighted by Gasteiger charge is -2.35. The summed E-state index contributed by atoms with van der Waals surface area (Å²) in [5.41, 5.74) is -2.03. The van der Waals surface area contributed by atoms with E-state index in [1.807, 2.05) is 0 Å². The Morgan fingerprint density at radius 1 is 1.06 bits per heavy atom. The number of hydrogen-bond acceptors (Lipinski definition) is 2. The number of ether oxygens (including phenoxy) is 1. The van der Waals surface area contributed by atoms with E-state index < -0.39 is 17.8 Å². The highest BCUT2D eigenvalue weighted by Gasteiger charge is 2.52. The Labute approximate surface area is 88.0 Å². The zero-order chi connectivity index (χ0) is 11.7. The van der Waals surface area contributed by atoms with Gasteiger partial charge in [0.2, 0.25) is 0 Å². The molecule has 1 aliphatic heterocycles. The first-order valence-corrected chi connectivity index (χ1v) is 4.23. The lowest BCUT2D eigenvalue weighted by molar-refractivity contribution is -0.193. The zero-order valence-corrected chi connectivity index (χ0v) is 8.19. The van der Waals surface area contributed by atoms with Crippen molar-refractivity contribution in [2.75, 3.05) is 26.3 Å². The van der Waals surface area contributed by atoms with E-state index in [1.54, 1.807) is 0 Å². The van der Waals surface area contributed by atoms with Gasteiger partial charge in [0.15, 0.2) is 0 Å². The number of nitrogens with zero attached hydrogens (tertiary/aromatic N) is 1. The Morgan fingerprint density at radius 3 is 1.88 bits per heavy atom. The average molecular weight is 251 g/mol. The third kappa shape index (κ3) is 3.11. The molecule has 16 heavy (non-hydrogen) atoms.